The van der Waals surface area contributed by atoms with E-state index in [9.17, 15) is 8.42 Å². The van der Waals surface area contributed by atoms with Gasteiger partial charge in [0.15, 0.2) is 15.6 Å². The van der Waals surface area contributed by atoms with Crippen LogP contribution in [0.25, 0.3) is 0 Å². The van der Waals surface area contributed by atoms with Gasteiger partial charge in [0.1, 0.15) is 5.75 Å². The van der Waals surface area contributed by atoms with Gasteiger partial charge in [0.2, 0.25) is 0 Å². The fourth-order valence-electron chi connectivity index (χ4n) is 1.98. The zero-order valence-corrected chi connectivity index (χ0v) is 8.76. The molecular weight excluding hydrogens is 206 g/mol. The van der Waals surface area contributed by atoms with E-state index in [2.05, 4.69) is 0 Å². The van der Waals surface area contributed by atoms with E-state index in [1.165, 1.54) is 0 Å². The molecule has 2 fully saturated rings. The number of hydrogen-bond acceptors (Lipinski definition) is 5. The number of nitrogens with two attached hydrogens (primary N) is 1. The van der Waals surface area contributed by atoms with Gasteiger partial charge in [-0.2, -0.15) is 0 Å². The third kappa shape index (κ3) is 1.93. The Hall–Kier alpha value is -0.170. The first kappa shape index (κ1) is 10.4. The van der Waals surface area contributed by atoms with Gasteiger partial charge in [-0.25, -0.2) is 8.42 Å². The lowest BCUT2D eigenvalue weighted by atomic mass is 10.2. The molecule has 1 spiro atoms. The molecule has 0 radical (unpaired) electrons. The van der Waals surface area contributed by atoms with Crippen molar-refractivity contribution in [3.05, 3.63) is 0 Å². The summed E-state index contributed by atoms with van der Waals surface area (Å²) in [5.74, 6) is -0.660. The molecule has 82 valence electrons. The Labute approximate surface area is 83.5 Å². The van der Waals surface area contributed by atoms with Gasteiger partial charge in [-0.05, 0) is 6.42 Å². The quantitative estimate of drug-likeness (QED) is 0.631. The van der Waals surface area contributed by atoms with Crippen LogP contribution in [0.1, 0.15) is 12.8 Å². The molecule has 2 heterocycles. The molecular formula is C8H15NO4S. The number of rotatable bonds is 1. The monoisotopic (exact) mass is 221 g/mol. The van der Waals surface area contributed by atoms with Crippen molar-refractivity contribution < 1.29 is 17.9 Å². The van der Waals surface area contributed by atoms with Crippen LogP contribution in [0, 0.1) is 0 Å². The zero-order chi connectivity index (χ0) is 10.2. The highest BCUT2D eigenvalue weighted by molar-refractivity contribution is 7.91. The summed E-state index contributed by atoms with van der Waals surface area (Å²) in [6, 6.07) is 0. The van der Waals surface area contributed by atoms with Gasteiger partial charge in [0, 0.05) is 13.0 Å². The molecule has 2 unspecified atom stereocenters. The average molecular weight is 221 g/mol. The summed E-state index contributed by atoms with van der Waals surface area (Å²) in [4.78, 5) is 0. The van der Waals surface area contributed by atoms with Crippen LogP contribution in [0.2, 0.25) is 0 Å². The minimum Gasteiger partial charge on any atom is -0.346 e. The van der Waals surface area contributed by atoms with Crippen molar-refractivity contribution in [1.29, 1.82) is 0 Å². The molecule has 0 aromatic carbocycles. The van der Waals surface area contributed by atoms with E-state index >= 15 is 0 Å². The normalized spacial score (nSPS) is 41.6. The summed E-state index contributed by atoms with van der Waals surface area (Å²) in [5.41, 5.74) is 5.44. The largest absolute Gasteiger partial charge is 0.346 e. The molecule has 6 heteroatoms. The summed E-state index contributed by atoms with van der Waals surface area (Å²) >= 11 is 0. The molecule has 14 heavy (non-hydrogen) atoms. The van der Waals surface area contributed by atoms with Crippen molar-refractivity contribution in [3.63, 3.8) is 0 Å². The van der Waals surface area contributed by atoms with Crippen LogP contribution < -0.4 is 5.73 Å². The Balaban J connectivity index is 2.10. The third-order valence-electron chi connectivity index (χ3n) is 2.63. The predicted octanol–water partition coefficient (Wildman–Crippen LogP) is -0.735. The first-order chi connectivity index (χ1) is 6.55. The first-order valence-corrected chi connectivity index (χ1v) is 6.60. The molecule has 5 nitrogen and oxygen atoms in total. The summed E-state index contributed by atoms with van der Waals surface area (Å²) in [7, 11) is -3.00. The summed E-state index contributed by atoms with van der Waals surface area (Å²) in [6.45, 7) is 0.786. The molecule has 2 aliphatic rings. The minimum absolute atomic E-state index is 0.0174. The molecule has 2 saturated heterocycles. The molecule has 0 saturated carbocycles. The zero-order valence-electron chi connectivity index (χ0n) is 7.94. The lowest BCUT2D eigenvalue weighted by Crippen LogP contribution is -2.44. The van der Waals surface area contributed by atoms with E-state index in [1.807, 2.05) is 0 Å². The van der Waals surface area contributed by atoms with Crippen molar-refractivity contribution in [2.45, 2.75) is 24.7 Å². The smallest absolute Gasteiger partial charge is 0.182 e. The second-order valence-corrected chi connectivity index (χ2v) is 6.08. The van der Waals surface area contributed by atoms with Gasteiger partial charge in [-0.1, -0.05) is 0 Å². The molecule has 2 N–H and O–H groups in total. The van der Waals surface area contributed by atoms with E-state index < -0.39 is 15.6 Å². The Morgan fingerprint density at radius 2 is 2.29 bits per heavy atom. The number of sulfone groups is 1. The lowest BCUT2D eigenvalue weighted by molar-refractivity contribution is -0.156. The standard InChI is InChI=1S/C8H15NO4S/c9-4-7-5-12-8(13-7)2-1-3-14(10,11)6-8/h7H,1-6,9H2. The van der Waals surface area contributed by atoms with Crippen molar-refractivity contribution in [1.82, 2.24) is 0 Å². The molecule has 0 amide bonds. The maximum atomic E-state index is 11.4. The average Bonchev–Trinajstić information content (AvgIpc) is 2.46. The van der Waals surface area contributed by atoms with Crippen LogP contribution in [0.4, 0.5) is 0 Å². The summed E-state index contributed by atoms with van der Waals surface area (Å²) in [5, 5.41) is 0. The van der Waals surface area contributed by atoms with Crippen LogP contribution in [0.15, 0.2) is 0 Å². The van der Waals surface area contributed by atoms with Gasteiger partial charge < -0.3 is 15.2 Å². The number of ether oxygens (including phenoxy) is 2. The van der Waals surface area contributed by atoms with E-state index in [0.717, 1.165) is 0 Å². The Morgan fingerprint density at radius 1 is 1.50 bits per heavy atom. The second-order valence-electron chi connectivity index (χ2n) is 3.89. The third-order valence-corrected chi connectivity index (χ3v) is 4.42. The van der Waals surface area contributed by atoms with Crippen molar-refractivity contribution >= 4 is 9.84 Å². The molecule has 0 aliphatic carbocycles. The minimum atomic E-state index is -3.00. The van der Waals surface area contributed by atoms with Crippen LogP contribution in [-0.4, -0.2) is 45.0 Å². The van der Waals surface area contributed by atoms with Gasteiger partial charge in [0.05, 0.1) is 18.5 Å². The topological polar surface area (TPSA) is 78.6 Å². The van der Waals surface area contributed by atoms with Gasteiger partial charge in [-0.3, -0.25) is 0 Å². The highest BCUT2D eigenvalue weighted by atomic mass is 32.2. The molecule has 0 bridgehead atoms. The highest BCUT2D eigenvalue weighted by Gasteiger charge is 2.46. The second kappa shape index (κ2) is 3.44. The maximum Gasteiger partial charge on any atom is 0.182 e. The SMILES string of the molecule is NCC1COC2(CCCS(=O)(=O)C2)O1. The van der Waals surface area contributed by atoms with Crippen LogP contribution >= 0.6 is 0 Å². The van der Waals surface area contributed by atoms with Crippen LogP contribution in [0.5, 0.6) is 0 Å². The predicted molar refractivity (Wildman–Crippen MR) is 50.5 cm³/mol. The Kier molecular flexibility index (Phi) is 2.55. The van der Waals surface area contributed by atoms with E-state index in [4.69, 9.17) is 15.2 Å². The summed E-state index contributed by atoms with van der Waals surface area (Å²) in [6.07, 6.45) is 1.12. The van der Waals surface area contributed by atoms with Gasteiger partial charge >= 0.3 is 0 Å². The van der Waals surface area contributed by atoms with Gasteiger partial charge in [-0.15, -0.1) is 0 Å². The van der Waals surface area contributed by atoms with E-state index in [-0.39, 0.29) is 17.6 Å². The van der Waals surface area contributed by atoms with Crippen molar-refractivity contribution in [2.75, 3.05) is 24.7 Å². The van der Waals surface area contributed by atoms with Gasteiger partial charge in [0.25, 0.3) is 0 Å². The maximum absolute atomic E-state index is 11.4. The Bertz CT molecular complexity index is 315. The van der Waals surface area contributed by atoms with E-state index in [1.54, 1.807) is 0 Å². The van der Waals surface area contributed by atoms with Crippen LogP contribution in [0.3, 0.4) is 0 Å². The molecule has 2 rings (SSSR count). The number of hydrogen-bond donors (Lipinski definition) is 1. The lowest BCUT2D eigenvalue weighted by Gasteiger charge is -2.31. The molecule has 0 aromatic rings. The highest BCUT2D eigenvalue weighted by Crippen LogP contribution is 2.33. The molecule has 2 aliphatic heterocycles. The molecule has 0 aromatic heterocycles. The fraction of sp³-hybridized carbons (Fsp3) is 1.00. The molecule has 2 atom stereocenters. The van der Waals surface area contributed by atoms with Crippen molar-refractivity contribution in [3.8, 4) is 0 Å². The van der Waals surface area contributed by atoms with E-state index in [0.29, 0.717) is 26.0 Å². The first-order valence-electron chi connectivity index (χ1n) is 4.78. The summed E-state index contributed by atoms with van der Waals surface area (Å²) < 4.78 is 33.8. The van der Waals surface area contributed by atoms with Crippen molar-refractivity contribution in [2.24, 2.45) is 5.73 Å². The van der Waals surface area contributed by atoms with Crippen LogP contribution in [-0.2, 0) is 19.3 Å². The fourth-order valence-corrected chi connectivity index (χ4v) is 3.67. The Morgan fingerprint density at radius 3 is 2.86 bits per heavy atom.